The Morgan fingerprint density at radius 2 is 1.59 bits per heavy atom. The molecule has 1 N–H and O–H groups in total. The van der Waals surface area contributed by atoms with Crippen molar-refractivity contribution in [3.8, 4) is 22.9 Å². The Kier molecular flexibility index (Phi) is 2.75. The number of hydrogen-bond donors (Lipinski definition) is 1. The number of nitriles is 1. The Hall–Kier alpha value is -2.41. The van der Waals surface area contributed by atoms with Crippen LogP contribution in [0.4, 0.5) is 8.78 Å². The molecule has 0 saturated carbocycles. The number of rotatable bonds is 1. The van der Waals surface area contributed by atoms with Crippen LogP contribution in [0.25, 0.3) is 11.1 Å². The van der Waals surface area contributed by atoms with E-state index in [2.05, 4.69) is 0 Å². The first-order chi connectivity index (χ1) is 8.11. The van der Waals surface area contributed by atoms with Gasteiger partial charge in [-0.15, -0.1) is 0 Å². The summed E-state index contributed by atoms with van der Waals surface area (Å²) in [6.45, 7) is 0. The van der Waals surface area contributed by atoms with Crippen molar-refractivity contribution in [2.45, 2.75) is 0 Å². The van der Waals surface area contributed by atoms with Gasteiger partial charge in [0.25, 0.3) is 0 Å². The number of phenols is 1. The molecule has 2 nitrogen and oxygen atoms in total. The molecular formula is C13H7F2NO. The maximum Gasteiger partial charge on any atom is 0.159 e. The predicted molar refractivity (Wildman–Crippen MR) is 58.2 cm³/mol. The van der Waals surface area contributed by atoms with Gasteiger partial charge in [-0.1, -0.05) is 12.1 Å². The number of halogens is 2. The van der Waals surface area contributed by atoms with Crippen LogP contribution in [0, 0.1) is 23.0 Å². The van der Waals surface area contributed by atoms with E-state index < -0.39 is 11.6 Å². The van der Waals surface area contributed by atoms with E-state index in [0.717, 1.165) is 12.1 Å². The summed E-state index contributed by atoms with van der Waals surface area (Å²) in [6.07, 6.45) is 0. The minimum atomic E-state index is -0.950. The zero-order valence-electron chi connectivity index (χ0n) is 8.61. The van der Waals surface area contributed by atoms with Crippen LogP contribution in [0.5, 0.6) is 5.75 Å². The summed E-state index contributed by atoms with van der Waals surface area (Å²) in [4.78, 5) is 0. The number of benzene rings is 2. The number of aromatic hydroxyl groups is 1. The van der Waals surface area contributed by atoms with Gasteiger partial charge in [-0.3, -0.25) is 0 Å². The van der Waals surface area contributed by atoms with Gasteiger partial charge in [0.2, 0.25) is 0 Å². The van der Waals surface area contributed by atoms with E-state index >= 15 is 0 Å². The monoisotopic (exact) mass is 231 g/mol. The van der Waals surface area contributed by atoms with Crippen LogP contribution in [0.15, 0.2) is 36.4 Å². The lowest BCUT2D eigenvalue weighted by molar-refractivity contribution is 0.473. The lowest BCUT2D eigenvalue weighted by Crippen LogP contribution is -1.86. The molecule has 0 aromatic heterocycles. The molecule has 0 aliphatic carbocycles. The summed E-state index contributed by atoms with van der Waals surface area (Å²) in [6, 6.07) is 9.58. The Labute approximate surface area is 96.4 Å². The number of hydrogen-bond acceptors (Lipinski definition) is 2. The average Bonchev–Trinajstić information content (AvgIpc) is 2.33. The summed E-state index contributed by atoms with van der Waals surface area (Å²) < 4.78 is 25.8. The molecule has 0 aliphatic heterocycles. The van der Waals surface area contributed by atoms with E-state index in [9.17, 15) is 13.9 Å². The van der Waals surface area contributed by atoms with Crippen molar-refractivity contribution in [2.75, 3.05) is 0 Å². The molecule has 0 spiro atoms. The van der Waals surface area contributed by atoms with Crippen LogP contribution in [0.1, 0.15) is 5.56 Å². The molecule has 4 heteroatoms. The van der Waals surface area contributed by atoms with Crippen molar-refractivity contribution in [1.82, 2.24) is 0 Å². The quantitative estimate of drug-likeness (QED) is 0.818. The van der Waals surface area contributed by atoms with Crippen molar-refractivity contribution in [3.63, 3.8) is 0 Å². The normalized spacial score (nSPS) is 9.94. The zero-order valence-corrected chi connectivity index (χ0v) is 8.61. The van der Waals surface area contributed by atoms with E-state index in [1.807, 2.05) is 6.07 Å². The molecular weight excluding hydrogens is 224 g/mol. The molecule has 0 bridgehead atoms. The number of nitrogens with zero attached hydrogens (tertiary/aromatic N) is 1. The summed E-state index contributed by atoms with van der Waals surface area (Å²) in [5, 5.41) is 18.1. The second-order valence-corrected chi connectivity index (χ2v) is 3.47. The van der Waals surface area contributed by atoms with E-state index in [1.165, 1.54) is 24.3 Å². The fraction of sp³-hybridized carbons (Fsp3) is 0. The van der Waals surface area contributed by atoms with Gasteiger partial charge in [-0.2, -0.15) is 5.26 Å². The Morgan fingerprint density at radius 3 is 2.24 bits per heavy atom. The molecule has 0 saturated heterocycles. The minimum Gasteiger partial charge on any atom is -0.507 e. The lowest BCUT2D eigenvalue weighted by Gasteiger charge is -2.04. The standard InChI is InChI=1S/C13H7F2NO/c14-11-3-1-9(6-12(11)15)8-2-4-13(17)10(5-8)7-16/h1-6,17H. The van der Waals surface area contributed by atoms with Crippen LogP contribution in [0.3, 0.4) is 0 Å². The predicted octanol–water partition coefficient (Wildman–Crippen LogP) is 3.21. The van der Waals surface area contributed by atoms with Gasteiger partial charge in [-0.25, -0.2) is 8.78 Å². The molecule has 17 heavy (non-hydrogen) atoms. The third-order valence-corrected chi connectivity index (χ3v) is 2.37. The smallest absolute Gasteiger partial charge is 0.159 e. The molecule has 0 amide bonds. The van der Waals surface area contributed by atoms with Gasteiger partial charge in [0.05, 0.1) is 5.56 Å². The second kappa shape index (κ2) is 4.22. The molecule has 0 heterocycles. The molecule has 0 unspecified atom stereocenters. The SMILES string of the molecule is N#Cc1cc(-c2ccc(F)c(F)c2)ccc1O. The zero-order chi connectivity index (χ0) is 12.4. The maximum absolute atomic E-state index is 13.0. The maximum atomic E-state index is 13.0. The molecule has 0 radical (unpaired) electrons. The van der Waals surface area contributed by atoms with Gasteiger partial charge >= 0.3 is 0 Å². The van der Waals surface area contributed by atoms with Gasteiger partial charge in [-0.05, 0) is 35.4 Å². The third-order valence-electron chi connectivity index (χ3n) is 2.37. The van der Waals surface area contributed by atoms with Crippen molar-refractivity contribution < 1.29 is 13.9 Å². The van der Waals surface area contributed by atoms with Crippen molar-refractivity contribution in [3.05, 3.63) is 53.6 Å². The summed E-state index contributed by atoms with van der Waals surface area (Å²) >= 11 is 0. The van der Waals surface area contributed by atoms with E-state index in [0.29, 0.717) is 11.1 Å². The number of phenolic OH excluding ortho intramolecular Hbond substituents is 1. The summed E-state index contributed by atoms with van der Waals surface area (Å²) in [7, 11) is 0. The topological polar surface area (TPSA) is 44.0 Å². The minimum absolute atomic E-state index is 0.0900. The highest BCUT2D eigenvalue weighted by atomic mass is 19.2. The first-order valence-corrected chi connectivity index (χ1v) is 4.80. The van der Waals surface area contributed by atoms with Crippen LogP contribution >= 0.6 is 0 Å². The van der Waals surface area contributed by atoms with Crippen LogP contribution < -0.4 is 0 Å². The largest absolute Gasteiger partial charge is 0.507 e. The van der Waals surface area contributed by atoms with Gasteiger partial charge in [0.1, 0.15) is 11.8 Å². The van der Waals surface area contributed by atoms with Crippen LogP contribution in [-0.2, 0) is 0 Å². The van der Waals surface area contributed by atoms with Crippen molar-refractivity contribution in [2.24, 2.45) is 0 Å². The van der Waals surface area contributed by atoms with Gasteiger partial charge < -0.3 is 5.11 Å². The highest BCUT2D eigenvalue weighted by Gasteiger charge is 2.07. The molecule has 2 rings (SSSR count). The summed E-state index contributed by atoms with van der Waals surface area (Å²) in [5.74, 6) is -2.01. The summed E-state index contributed by atoms with van der Waals surface area (Å²) in [5.41, 5.74) is 1.07. The van der Waals surface area contributed by atoms with Gasteiger partial charge in [0.15, 0.2) is 11.6 Å². The highest BCUT2D eigenvalue weighted by molar-refractivity contribution is 5.67. The van der Waals surface area contributed by atoms with Crippen LogP contribution in [-0.4, -0.2) is 5.11 Å². The Balaban J connectivity index is 2.54. The first-order valence-electron chi connectivity index (χ1n) is 4.80. The van der Waals surface area contributed by atoms with E-state index in [4.69, 9.17) is 5.26 Å². The molecule has 0 atom stereocenters. The van der Waals surface area contributed by atoms with Crippen LogP contribution in [0.2, 0.25) is 0 Å². The first kappa shape index (κ1) is 11.1. The fourth-order valence-corrected chi connectivity index (χ4v) is 1.48. The lowest BCUT2D eigenvalue weighted by atomic mass is 10.0. The molecule has 0 fully saturated rings. The van der Waals surface area contributed by atoms with Gasteiger partial charge in [0, 0.05) is 0 Å². The van der Waals surface area contributed by atoms with E-state index in [-0.39, 0.29) is 11.3 Å². The molecule has 0 aliphatic rings. The van der Waals surface area contributed by atoms with Crippen molar-refractivity contribution in [1.29, 1.82) is 5.26 Å². The van der Waals surface area contributed by atoms with E-state index in [1.54, 1.807) is 0 Å². The average molecular weight is 231 g/mol. The second-order valence-electron chi connectivity index (χ2n) is 3.47. The molecule has 84 valence electrons. The van der Waals surface area contributed by atoms with Crippen molar-refractivity contribution >= 4 is 0 Å². The third kappa shape index (κ3) is 2.08. The molecule has 2 aromatic rings. The highest BCUT2D eigenvalue weighted by Crippen LogP contribution is 2.26. The Bertz CT molecular complexity index is 617. The Morgan fingerprint density at radius 1 is 0.941 bits per heavy atom. The molecule has 2 aromatic carbocycles. The fourth-order valence-electron chi connectivity index (χ4n) is 1.48.